The molecule has 3 rings (SSSR count). The molecule has 1 N–H and O–H groups in total. The minimum atomic E-state index is -0.907. The summed E-state index contributed by atoms with van der Waals surface area (Å²) in [5.74, 6) is 0.640. The van der Waals surface area contributed by atoms with Gasteiger partial charge in [-0.05, 0) is 36.9 Å². The Kier molecular flexibility index (Phi) is 4.48. The van der Waals surface area contributed by atoms with Crippen molar-refractivity contribution in [3.63, 3.8) is 0 Å². The summed E-state index contributed by atoms with van der Waals surface area (Å²) >= 11 is 0. The van der Waals surface area contributed by atoms with Gasteiger partial charge in [-0.15, -0.1) is 0 Å². The molecule has 2 aromatic carbocycles. The van der Waals surface area contributed by atoms with Crippen molar-refractivity contribution in [2.75, 3.05) is 20.2 Å². The third kappa shape index (κ3) is 3.81. The molecule has 120 valence electrons. The van der Waals surface area contributed by atoms with Crippen LogP contribution in [0.2, 0.25) is 0 Å². The van der Waals surface area contributed by atoms with E-state index in [1.807, 2.05) is 37.4 Å². The number of hydrogen-bond donors (Lipinski definition) is 1. The summed E-state index contributed by atoms with van der Waals surface area (Å²) in [7, 11) is 1.98. The molecule has 0 saturated heterocycles. The summed E-state index contributed by atoms with van der Waals surface area (Å²) < 4.78 is 11.6. The maximum atomic E-state index is 11.0. The van der Waals surface area contributed by atoms with Gasteiger partial charge in [0.2, 0.25) is 0 Å². The van der Waals surface area contributed by atoms with Crippen molar-refractivity contribution in [1.82, 2.24) is 4.90 Å². The van der Waals surface area contributed by atoms with Gasteiger partial charge >= 0.3 is 5.97 Å². The molecule has 0 bridgehead atoms. The average Bonchev–Trinajstić information content (AvgIpc) is 2.55. The molecular weight excluding hydrogens is 294 g/mol. The van der Waals surface area contributed by atoms with Crippen LogP contribution in [0.5, 0.6) is 11.5 Å². The molecule has 0 radical (unpaired) electrons. The standard InChI is InChI=1S/C18H19NO4/c1-19(10-13-5-4-6-14(9-13)18(20)21)11-15-12-22-16-7-2-3-8-17(16)23-15/h2-9,15H,10-12H2,1H3,(H,20,21). The number of hydrogen-bond acceptors (Lipinski definition) is 4. The smallest absolute Gasteiger partial charge is 0.335 e. The maximum absolute atomic E-state index is 11.0. The summed E-state index contributed by atoms with van der Waals surface area (Å²) in [4.78, 5) is 13.1. The predicted octanol–water partition coefficient (Wildman–Crippen LogP) is 2.66. The molecule has 1 aliphatic heterocycles. The van der Waals surface area contributed by atoms with Crippen molar-refractivity contribution in [2.24, 2.45) is 0 Å². The quantitative estimate of drug-likeness (QED) is 0.919. The van der Waals surface area contributed by atoms with Gasteiger partial charge in [0.15, 0.2) is 11.5 Å². The van der Waals surface area contributed by atoms with Gasteiger partial charge in [0.05, 0.1) is 5.56 Å². The second kappa shape index (κ2) is 6.71. The zero-order valence-corrected chi connectivity index (χ0v) is 12.9. The molecule has 0 aliphatic carbocycles. The van der Waals surface area contributed by atoms with Gasteiger partial charge < -0.3 is 14.6 Å². The summed E-state index contributed by atoms with van der Waals surface area (Å²) in [5, 5.41) is 9.05. The number of fused-ring (bicyclic) bond motifs is 1. The highest BCUT2D eigenvalue weighted by atomic mass is 16.6. The topological polar surface area (TPSA) is 59.0 Å². The lowest BCUT2D eigenvalue weighted by atomic mass is 10.1. The fourth-order valence-corrected chi connectivity index (χ4v) is 2.68. The molecule has 5 nitrogen and oxygen atoms in total. The molecule has 1 heterocycles. The van der Waals surface area contributed by atoms with Gasteiger partial charge in [0.25, 0.3) is 0 Å². The summed E-state index contributed by atoms with van der Waals surface area (Å²) in [6.45, 7) is 1.87. The second-order valence-electron chi connectivity index (χ2n) is 5.70. The number of carboxylic acids is 1. The minimum absolute atomic E-state index is 0.0439. The van der Waals surface area contributed by atoms with Crippen LogP contribution in [-0.4, -0.2) is 42.3 Å². The normalized spacial score (nSPS) is 16.3. The van der Waals surface area contributed by atoms with Crippen LogP contribution in [0.15, 0.2) is 48.5 Å². The SMILES string of the molecule is CN(Cc1cccc(C(=O)O)c1)CC1COc2ccccc2O1. The van der Waals surface area contributed by atoms with Crippen LogP contribution < -0.4 is 9.47 Å². The van der Waals surface area contributed by atoms with Crippen LogP contribution in [0.1, 0.15) is 15.9 Å². The van der Waals surface area contributed by atoms with Crippen molar-refractivity contribution in [1.29, 1.82) is 0 Å². The van der Waals surface area contributed by atoms with E-state index in [1.54, 1.807) is 18.2 Å². The van der Waals surface area contributed by atoms with Gasteiger partial charge in [0.1, 0.15) is 12.7 Å². The zero-order valence-electron chi connectivity index (χ0n) is 12.9. The molecule has 1 aliphatic rings. The van der Waals surface area contributed by atoms with Crippen molar-refractivity contribution in [3.8, 4) is 11.5 Å². The summed E-state index contributed by atoms with van der Waals surface area (Å²) in [6.07, 6.45) is -0.0439. The van der Waals surface area contributed by atoms with E-state index in [1.165, 1.54) is 0 Å². The van der Waals surface area contributed by atoms with E-state index in [-0.39, 0.29) is 6.10 Å². The van der Waals surface area contributed by atoms with E-state index in [0.29, 0.717) is 25.3 Å². The minimum Gasteiger partial charge on any atom is -0.486 e. The molecular formula is C18H19NO4. The lowest BCUT2D eigenvalue weighted by Gasteiger charge is -2.29. The predicted molar refractivity (Wildman–Crippen MR) is 86.1 cm³/mol. The molecule has 0 spiro atoms. The van der Waals surface area contributed by atoms with Gasteiger partial charge in [-0.1, -0.05) is 24.3 Å². The number of likely N-dealkylation sites (N-methyl/N-ethyl adjacent to an activating group) is 1. The van der Waals surface area contributed by atoms with Gasteiger partial charge in [-0.3, -0.25) is 4.90 Å². The Labute approximate surface area is 135 Å². The fourth-order valence-electron chi connectivity index (χ4n) is 2.68. The largest absolute Gasteiger partial charge is 0.486 e. The molecule has 5 heteroatoms. The third-order valence-corrected chi connectivity index (χ3v) is 3.71. The van der Waals surface area contributed by atoms with Crippen molar-refractivity contribution in [2.45, 2.75) is 12.6 Å². The number of carbonyl (C=O) groups is 1. The van der Waals surface area contributed by atoms with Crippen molar-refractivity contribution < 1.29 is 19.4 Å². The van der Waals surface area contributed by atoms with Crippen LogP contribution >= 0.6 is 0 Å². The van der Waals surface area contributed by atoms with Crippen LogP contribution in [0.25, 0.3) is 0 Å². The fraction of sp³-hybridized carbons (Fsp3) is 0.278. The number of ether oxygens (including phenoxy) is 2. The molecule has 0 fully saturated rings. The molecule has 0 amide bonds. The number of benzene rings is 2. The number of para-hydroxylation sites is 2. The molecule has 2 aromatic rings. The van der Waals surface area contributed by atoms with Gasteiger partial charge in [-0.2, -0.15) is 0 Å². The van der Waals surface area contributed by atoms with Crippen LogP contribution in [-0.2, 0) is 6.54 Å². The average molecular weight is 313 g/mol. The Balaban J connectivity index is 1.59. The first-order valence-electron chi connectivity index (χ1n) is 7.51. The lowest BCUT2D eigenvalue weighted by Crippen LogP contribution is -2.39. The molecule has 0 aromatic heterocycles. The van der Waals surface area contributed by atoms with E-state index in [4.69, 9.17) is 14.6 Å². The Morgan fingerprint density at radius 1 is 1.22 bits per heavy atom. The Hall–Kier alpha value is -2.53. The lowest BCUT2D eigenvalue weighted by molar-refractivity contribution is 0.0637. The highest BCUT2D eigenvalue weighted by Crippen LogP contribution is 2.31. The van der Waals surface area contributed by atoms with E-state index < -0.39 is 5.97 Å². The van der Waals surface area contributed by atoms with Crippen LogP contribution in [0.4, 0.5) is 0 Å². The first kappa shape index (κ1) is 15.4. The highest BCUT2D eigenvalue weighted by molar-refractivity contribution is 5.87. The van der Waals surface area contributed by atoms with E-state index >= 15 is 0 Å². The third-order valence-electron chi connectivity index (χ3n) is 3.71. The van der Waals surface area contributed by atoms with E-state index in [2.05, 4.69) is 4.90 Å². The second-order valence-corrected chi connectivity index (χ2v) is 5.70. The van der Waals surface area contributed by atoms with E-state index in [9.17, 15) is 4.79 Å². The molecule has 1 unspecified atom stereocenters. The molecule has 23 heavy (non-hydrogen) atoms. The van der Waals surface area contributed by atoms with Gasteiger partial charge in [-0.25, -0.2) is 4.79 Å². The maximum Gasteiger partial charge on any atom is 0.335 e. The van der Waals surface area contributed by atoms with Gasteiger partial charge in [0, 0.05) is 13.1 Å². The Morgan fingerprint density at radius 2 is 2.00 bits per heavy atom. The number of carboxylic acid groups (broad SMARTS) is 1. The van der Waals surface area contributed by atoms with Crippen LogP contribution in [0, 0.1) is 0 Å². The highest BCUT2D eigenvalue weighted by Gasteiger charge is 2.21. The monoisotopic (exact) mass is 313 g/mol. The summed E-state index contributed by atoms with van der Waals surface area (Å²) in [6, 6.07) is 14.6. The molecule has 0 saturated carbocycles. The summed E-state index contributed by atoms with van der Waals surface area (Å²) in [5.41, 5.74) is 1.27. The molecule has 1 atom stereocenters. The van der Waals surface area contributed by atoms with E-state index in [0.717, 1.165) is 17.1 Å². The Bertz CT molecular complexity index is 701. The Morgan fingerprint density at radius 3 is 2.78 bits per heavy atom. The number of rotatable bonds is 5. The van der Waals surface area contributed by atoms with Crippen molar-refractivity contribution in [3.05, 3.63) is 59.7 Å². The number of nitrogens with zero attached hydrogens (tertiary/aromatic N) is 1. The first-order valence-corrected chi connectivity index (χ1v) is 7.51. The first-order chi connectivity index (χ1) is 11.1. The zero-order chi connectivity index (χ0) is 16.2. The van der Waals surface area contributed by atoms with Crippen molar-refractivity contribution >= 4 is 5.97 Å². The number of aromatic carboxylic acids is 1. The van der Waals surface area contributed by atoms with Crippen LogP contribution in [0.3, 0.4) is 0 Å².